The Bertz CT molecular complexity index is 1830. The zero-order valence-corrected chi connectivity index (χ0v) is 24.1. The molecule has 6 rings (SSSR count). The first kappa shape index (κ1) is 28.2. The number of methoxy groups -OCH3 is 1. The lowest BCUT2D eigenvalue weighted by Crippen LogP contribution is -2.71. The molecule has 2 aromatic heterocycles. The quantitative estimate of drug-likeness (QED) is 0.177. The molecule has 2 unspecified atom stereocenters. The fraction of sp³-hybridized carbons (Fsp3) is 0.235. The summed E-state index contributed by atoms with van der Waals surface area (Å²) in [6, 6.07) is 19.9. The number of carbonyl (C=O) groups is 2. The van der Waals surface area contributed by atoms with E-state index in [2.05, 4.69) is 26.7 Å². The van der Waals surface area contributed by atoms with E-state index in [1.165, 1.54) is 19.1 Å². The number of aromatic nitrogens is 2. The third-order valence-electron chi connectivity index (χ3n) is 8.24. The van der Waals surface area contributed by atoms with Crippen LogP contribution >= 0.6 is 0 Å². The Morgan fingerprint density at radius 2 is 1.70 bits per heavy atom. The first-order valence-corrected chi connectivity index (χ1v) is 14.3. The van der Waals surface area contributed by atoms with Gasteiger partial charge < -0.3 is 25.3 Å². The second-order valence-corrected chi connectivity index (χ2v) is 10.8. The van der Waals surface area contributed by atoms with E-state index in [4.69, 9.17) is 4.74 Å². The Morgan fingerprint density at radius 3 is 2.44 bits per heavy atom. The molecule has 0 bridgehead atoms. The van der Waals surface area contributed by atoms with Crippen LogP contribution in [0.3, 0.4) is 0 Å². The topological polar surface area (TPSA) is 102 Å². The van der Waals surface area contributed by atoms with E-state index in [0.29, 0.717) is 36.2 Å². The van der Waals surface area contributed by atoms with Crippen molar-refractivity contribution >= 4 is 33.6 Å². The van der Waals surface area contributed by atoms with Gasteiger partial charge in [0.1, 0.15) is 11.6 Å². The number of hydrogen-bond acceptors (Lipinski definition) is 4. The number of carbonyl (C=O) groups excluding carboxylic acids is 2. The summed E-state index contributed by atoms with van der Waals surface area (Å²) >= 11 is 0. The Labute approximate surface area is 248 Å². The molecule has 3 heterocycles. The van der Waals surface area contributed by atoms with Crippen molar-refractivity contribution in [3.8, 4) is 5.75 Å². The van der Waals surface area contributed by atoms with E-state index in [9.17, 15) is 14.0 Å². The van der Waals surface area contributed by atoms with Gasteiger partial charge in [0.25, 0.3) is 5.91 Å². The highest BCUT2D eigenvalue weighted by atomic mass is 19.1. The normalized spacial score (nSPS) is 15.7. The molecule has 4 N–H and O–H groups in total. The summed E-state index contributed by atoms with van der Waals surface area (Å²) in [6.07, 6.45) is 8.49. The number of nitrogens with zero attached hydrogens (tertiary/aromatic N) is 1. The molecule has 43 heavy (non-hydrogen) atoms. The van der Waals surface area contributed by atoms with E-state index in [-0.39, 0.29) is 18.4 Å². The monoisotopic (exact) mass is 579 g/mol. The predicted molar refractivity (Wildman–Crippen MR) is 165 cm³/mol. The maximum Gasteiger partial charge on any atom is 0.262 e. The number of hydrogen-bond donors (Lipinski definition) is 4. The van der Waals surface area contributed by atoms with Crippen LogP contribution in [0.2, 0.25) is 0 Å². The SMILES string of the molecule is COc1ccccc1CNC(=O)C(NC(C)=O)(C(c1c[nH]c2ccccc12)c1c[nH]c2ccc(F)cc12)N1CC=CCC1. The van der Waals surface area contributed by atoms with Gasteiger partial charge in [-0.15, -0.1) is 0 Å². The van der Waals surface area contributed by atoms with E-state index in [0.717, 1.165) is 27.5 Å². The van der Waals surface area contributed by atoms with Crippen molar-refractivity contribution in [1.29, 1.82) is 0 Å². The third-order valence-corrected chi connectivity index (χ3v) is 8.24. The minimum Gasteiger partial charge on any atom is -0.496 e. The van der Waals surface area contributed by atoms with Crippen molar-refractivity contribution in [2.45, 2.75) is 31.5 Å². The lowest BCUT2D eigenvalue weighted by atomic mass is 9.77. The van der Waals surface area contributed by atoms with Gasteiger partial charge in [-0.2, -0.15) is 0 Å². The van der Waals surface area contributed by atoms with Gasteiger partial charge >= 0.3 is 0 Å². The van der Waals surface area contributed by atoms with Crippen LogP contribution in [0.5, 0.6) is 5.75 Å². The summed E-state index contributed by atoms with van der Waals surface area (Å²) in [4.78, 5) is 36.7. The maximum absolute atomic E-state index is 14.9. The summed E-state index contributed by atoms with van der Waals surface area (Å²) in [5.41, 5.74) is 2.31. The molecular weight excluding hydrogens is 545 g/mol. The van der Waals surface area contributed by atoms with Crippen LogP contribution < -0.4 is 15.4 Å². The molecule has 0 fully saturated rings. The fourth-order valence-corrected chi connectivity index (χ4v) is 6.36. The number of H-pyrrole nitrogens is 2. The van der Waals surface area contributed by atoms with Crippen molar-refractivity contribution < 1.29 is 18.7 Å². The van der Waals surface area contributed by atoms with Gasteiger partial charge in [0, 0.05) is 66.3 Å². The first-order valence-electron chi connectivity index (χ1n) is 14.3. The number of para-hydroxylation sites is 2. The summed E-state index contributed by atoms with van der Waals surface area (Å²) in [7, 11) is 1.59. The lowest BCUT2D eigenvalue weighted by molar-refractivity contribution is -0.143. The zero-order valence-electron chi connectivity index (χ0n) is 24.1. The average Bonchev–Trinajstić information content (AvgIpc) is 3.64. The zero-order chi connectivity index (χ0) is 30.0. The summed E-state index contributed by atoms with van der Waals surface area (Å²) in [5, 5.41) is 7.81. The van der Waals surface area contributed by atoms with Gasteiger partial charge in [-0.3, -0.25) is 14.5 Å². The molecule has 2 amide bonds. The van der Waals surface area contributed by atoms with Crippen molar-refractivity contribution in [3.05, 3.63) is 114 Å². The van der Waals surface area contributed by atoms with Crippen molar-refractivity contribution in [2.24, 2.45) is 0 Å². The highest BCUT2D eigenvalue weighted by Gasteiger charge is 2.53. The largest absolute Gasteiger partial charge is 0.496 e. The van der Waals surface area contributed by atoms with E-state index in [1.54, 1.807) is 13.2 Å². The number of benzene rings is 3. The Morgan fingerprint density at radius 1 is 0.977 bits per heavy atom. The minimum atomic E-state index is -1.59. The van der Waals surface area contributed by atoms with Gasteiger partial charge in [0.05, 0.1) is 13.0 Å². The van der Waals surface area contributed by atoms with Gasteiger partial charge in [0.2, 0.25) is 5.91 Å². The lowest BCUT2D eigenvalue weighted by Gasteiger charge is -2.48. The van der Waals surface area contributed by atoms with Gasteiger partial charge in [-0.1, -0.05) is 48.6 Å². The van der Waals surface area contributed by atoms with Gasteiger partial charge in [0.15, 0.2) is 5.66 Å². The van der Waals surface area contributed by atoms with E-state index < -0.39 is 17.4 Å². The number of halogens is 1. The Kier molecular flexibility index (Phi) is 7.73. The molecule has 1 aliphatic heterocycles. The highest BCUT2D eigenvalue weighted by molar-refractivity contribution is 5.96. The second kappa shape index (κ2) is 11.8. The number of aromatic amines is 2. The van der Waals surface area contributed by atoms with Crippen molar-refractivity contribution in [1.82, 2.24) is 25.5 Å². The van der Waals surface area contributed by atoms with Crippen LogP contribution in [0.1, 0.15) is 36.0 Å². The van der Waals surface area contributed by atoms with Crippen LogP contribution in [0, 0.1) is 5.82 Å². The summed E-state index contributed by atoms with van der Waals surface area (Å²) in [5.74, 6) is -1.23. The molecule has 0 spiro atoms. The van der Waals surface area contributed by atoms with Crippen LogP contribution in [-0.2, 0) is 16.1 Å². The number of ether oxygens (including phenoxy) is 1. The molecule has 9 heteroatoms. The molecule has 220 valence electrons. The molecule has 1 aliphatic rings. The predicted octanol–water partition coefficient (Wildman–Crippen LogP) is 5.34. The molecule has 0 saturated carbocycles. The first-order chi connectivity index (χ1) is 20.9. The molecular formula is C34H34FN5O3. The van der Waals surface area contributed by atoms with Crippen LogP contribution in [0.15, 0.2) is 91.3 Å². The van der Waals surface area contributed by atoms with Crippen LogP contribution in [0.25, 0.3) is 21.8 Å². The molecule has 8 nitrogen and oxygen atoms in total. The Balaban J connectivity index is 1.60. The maximum atomic E-state index is 14.9. The number of nitrogens with one attached hydrogen (secondary N) is 4. The fourth-order valence-electron chi connectivity index (χ4n) is 6.36. The van der Waals surface area contributed by atoms with Crippen molar-refractivity contribution in [2.75, 3.05) is 20.2 Å². The highest BCUT2D eigenvalue weighted by Crippen LogP contribution is 2.44. The van der Waals surface area contributed by atoms with Gasteiger partial charge in [-0.05, 0) is 47.9 Å². The number of rotatable bonds is 9. The minimum absolute atomic E-state index is 0.178. The average molecular weight is 580 g/mol. The second-order valence-electron chi connectivity index (χ2n) is 10.8. The standard InChI is InChI=1S/C34H34FN5O3/c1-22(41)39-34(40-16-8-3-9-17-40,33(42)38-19-23-10-4-7-13-31(23)43-2)32(27-20-36-29-12-6-5-11-25(27)29)28-21-37-30-15-14-24(35)18-26(28)30/h3-8,10-15,18,20-21,32,36-37H,9,16-17,19H2,1-2H3,(H,38,42)(H,39,41). The molecule has 0 saturated heterocycles. The van der Waals surface area contributed by atoms with Gasteiger partial charge in [-0.25, -0.2) is 4.39 Å². The summed E-state index contributed by atoms with van der Waals surface area (Å²) < 4.78 is 20.3. The molecule has 2 atom stereocenters. The van der Waals surface area contributed by atoms with Crippen LogP contribution in [-0.4, -0.2) is 52.5 Å². The van der Waals surface area contributed by atoms with E-state index >= 15 is 0 Å². The number of fused-ring (bicyclic) bond motifs is 2. The molecule has 0 radical (unpaired) electrons. The van der Waals surface area contributed by atoms with Crippen molar-refractivity contribution in [3.63, 3.8) is 0 Å². The van der Waals surface area contributed by atoms with Crippen LogP contribution in [0.4, 0.5) is 4.39 Å². The van der Waals surface area contributed by atoms with E-state index in [1.807, 2.05) is 71.9 Å². The number of amides is 2. The Hall–Kier alpha value is -4.89. The third kappa shape index (κ3) is 5.17. The summed E-state index contributed by atoms with van der Waals surface area (Å²) in [6.45, 7) is 2.55. The molecule has 5 aromatic rings. The smallest absolute Gasteiger partial charge is 0.262 e. The molecule has 3 aromatic carbocycles. The molecule has 0 aliphatic carbocycles.